The maximum absolute atomic E-state index is 9.78. The van der Waals surface area contributed by atoms with E-state index in [1.807, 2.05) is 0 Å². The van der Waals surface area contributed by atoms with Crippen LogP contribution in [0, 0.1) is 0 Å². The Morgan fingerprint density at radius 3 is 1.24 bits per heavy atom. The third kappa shape index (κ3) is 7.45. The van der Waals surface area contributed by atoms with Gasteiger partial charge in [0.05, 0.1) is 0 Å². The Bertz CT molecular complexity index is 3230. The minimum atomic E-state index is -6.08. The Morgan fingerprint density at radius 2 is 0.786 bits per heavy atom. The van der Waals surface area contributed by atoms with E-state index < -0.39 is 25.9 Å². The van der Waals surface area contributed by atoms with Crippen molar-refractivity contribution < 1.29 is 16.4 Å². The predicted octanol–water partition coefficient (Wildman–Crippen LogP) is 16.8. The van der Waals surface area contributed by atoms with Crippen LogP contribution in [0.4, 0.5) is 0 Å². The first-order valence-electron chi connectivity index (χ1n) is 25.6. The second-order valence-corrected chi connectivity index (χ2v) is 43.9. The molecule has 0 radical (unpaired) electrons. The summed E-state index contributed by atoms with van der Waals surface area (Å²) in [6, 6.07) is 66.3. The fraction of sp³-hybridized carbons (Fsp3) is 0.212. The topological polar surface area (TPSA) is 0 Å². The number of hydrogen-bond acceptors (Lipinski definition) is 0. The van der Waals surface area contributed by atoms with Crippen LogP contribution in [0.3, 0.4) is 0 Å². The Labute approximate surface area is 427 Å². The van der Waals surface area contributed by atoms with Crippen molar-refractivity contribution in [3.63, 3.8) is 0 Å². The Kier molecular flexibility index (Phi) is 12.3. The molecule has 0 amide bonds. The summed E-state index contributed by atoms with van der Waals surface area (Å²) in [7, 11) is 18.6. The quantitative estimate of drug-likeness (QED) is 0.113. The summed E-state index contributed by atoms with van der Waals surface area (Å²) >= 11 is -6.08. The van der Waals surface area contributed by atoms with E-state index in [0.29, 0.717) is 23.7 Å². The molecule has 0 N–H and O–H groups in total. The zero-order valence-corrected chi connectivity index (χ0v) is 47.2. The average Bonchev–Trinajstić information content (AvgIpc) is 4.09. The fourth-order valence-electron chi connectivity index (χ4n) is 12.9. The monoisotopic (exact) mass is 1040 g/mol. The standard InChI is InChI=1S/2C27H27.C12H9Si.2ClH.Zr/c2*1-18(2)23-12-8-9-13-25(23)27-24(19(3)4)15-14-21-16-22(17-26(21)27)20-10-6-5-7-11-20;1-3-7-11-9(5-1)10-6-2-4-8-12(10)13-11;;;/h2*5-19H,1-4H3;1-7H,13H2;2*1H;/q;;;;;+2/p-2. The van der Waals surface area contributed by atoms with E-state index in [4.69, 9.17) is 0 Å². The predicted molar refractivity (Wildman–Crippen MR) is 305 cm³/mol. The van der Waals surface area contributed by atoms with E-state index in [1.54, 1.807) is 0 Å². The first kappa shape index (κ1) is 47.3. The van der Waals surface area contributed by atoms with E-state index in [9.17, 15) is 17.0 Å². The molecule has 2 aliphatic carbocycles. The Hall–Kier alpha value is -5.08. The zero-order valence-electron chi connectivity index (χ0n) is 41.8. The third-order valence-electron chi connectivity index (χ3n) is 16.1. The number of hydrogen-bond donors (Lipinski definition) is 0. The molecule has 3 aliphatic rings. The second-order valence-electron chi connectivity index (χ2n) is 21.5. The molecule has 1 heterocycles. The van der Waals surface area contributed by atoms with Gasteiger partial charge in [0.1, 0.15) is 0 Å². The van der Waals surface area contributed by atoms with Crippen LogP contribution in [-0.2, 0) is 16.4 Å². The Balaban J connectivity index is 1.31. The molecule has 0 saturated carbocycles. The van der Waals surface area contributed by atoms with Gasteiger partial charge in [0.2, 0.25) is 0 Å². The van der Waals surface area contributed by atoms with Crippen molar-refractivity contribution in [3.8, 4) is 33.4 Å². The summed E-state index contributed by atoms with van der Waals surface area (Å²) < 4.78 is 0.646. The normalized spacial score (nSPS) is 16.9. The van der Waals surface area contributed by atoms with E-state index >= 15 is 0 Å². The van der Waals surface area contributed by atoms with Crippen LogP contribution in [0.2, 0.25) is 0 Å². The summed E-state index contributed by atoms with van der Waals surface area (Å²) in [6.07, 6.45) is 5.07. The van der Waals surface area contributed by atoms with Crippen molar-refractivity contribution in [1.82, 2.24) is 0 Å². The van der Waals surface area contributed by atoms with Crippen molar-refractivity contribution in [2.24, 2.45) is 0 Å². The molecule has 0 aromatic heterocycles. The first-order valence-corrected chi connectivity index (χ1v) is 37.4. The van der Waals surface area contributed by atoms with E-state index in [0.717, 1.165) is 0 Å². The van der Waals surface area contributed by atoms with Crippen LogP contribution in [0.1, 0.15) is 142 Å². The molecule has 70 heavy (non-hydrogen) atoms. The molecule has 2 unspecified atom stereocenters. The number of halogens is 2. The zero-order chi connectivity index (χ0) is 48.7. The number of allylic oxidation sites excluding steroid dienone is 2. The number of rotatable bonds is 11. The molecular formula is C66H63Cl2SiZr. The van der Waals surface area contributed by atoms with Crippen LogP contribution in [-0.4, -0.2) is 9.52 Å². The molecule has 2 atom stereocenters. The van der Waals surface area contributed by atoms with Gasteiger partial charge in [0.25, 0.3) is 0 Å². The van der Waals surface area contributed by atoms with Crippen molar-refractivity contribution >= 4 is 63.5 Å². The molecule has 0 fully saturated rings. The summed E-state index contributed by atoms with van der Waals surface area (Å²) in [5.74, 6) is 1.26. The molecule has 4 heteroatoms. The first-order chi connectivity index (χ1) is 33.8. The molecule has 0 nitrogen and oxygen atoms in total. The SMILES string of the molecule is CC(C)c1ccccc1-c1c(C(C)C)ccc2c1C=C(c1ccccc1)[CH]2[Zr]([Cl])([Cl])([c]1cccc2c1[SiH2]c1ccccc1-2)[CH]1C(c2ccccc2)=Cc2c1ccc(C(C)C)c2-c1ccccc1C(C)C. The van der Waals surface area contributed by atoms with E-state index in [1.165, 1.54) is 114 Å². The van der Waals surface area contributed by atoms with Crippen molar-refractivity contribution in [1.29, 1.82) is 0 Å². The van der Waals surface area contributed by atoms with E-state index in [-0.39, 0.29) is 7.25 Å². The Morgan fingerprint density at radius 1 is 0.386 bits per heavy atom. The van der Waals surface area contributed by atoms with Gasteiger partial charge in [-0.15, -0.1) is 0 Å². The molecule has 0 bridgehead atoms. The van der Waals surface area contributed by atoms with Crippen LogP contribution in [0.25, 0.3) is 56.7 Å². The average molecular weight is 1050 g/mol. The van der Waals surface area contributed by atoms with E-state index in [2.05, 4.69) is 243 Å². The van der Waals surface area contributed by atoms with Gasteiger partial charge < -0.3 is 0 Å². The fourth-order valence-corrected chi connectivity index (χ4v) is 40.0. The summed E-state index contributed by atoms with van der Waals surface area (Å²) in [5, 5.41) is 2.89. The molecular weight excluding hydrogens is 983 g/mol. The third-order valence-corrected chi connectivity index (χ3v) is 38.6. The molecule has 0 spiro atoms. The van der Waals surface area contributed by atoms with Gasteiger partial charge in [-0.1, -0.05) is 0 Å². The molecule has 8 aromatic carbocycles. The molecule has 11 rings (SSSR count). The van der Waals surface area contributed by atoms with Gasteiger partial charge in [-0.25, -0.2) is 0 Å². The minimum absolute atomic E-state index is 0.292. The maximum atomic E-state index is 9.78. The molecule has 8 aromatic rings. The van der Waals surface area contributed by atoms with Gasteiger partial charge in [-0.3, -0.25) is 0 Å². The number of fused-ring (bicyclic) bond motifs is 5. The van der Waals surface area contributed by atoms with Crippen molar-refractivity contribution in [2.45, 2.75) is 86.3 Å². The van der Waals surface area contributed by atoms with Gasteiger partial charge >= 0.3 is 431 Å². The summed E-state index contributed by atoms with van der Waals surface area (Å²) in [4.78, 5) is 0. The van der Waals surface area contributed by atoms with Crippen LogP contribution >= 0.6 is 17.0 Å². The second kappa shape index (κ2) is 18.2. The number of benzene rings is 8. The van der Waals surface area contributed by atoms with Crippen LogP contribution < -0.4 is 13.6 Å². The molecule has 349 valence electrons. The van der Waals surface area contributed by atoms with Gasteiger partial charge in [-0.2, -0.15) is 0 Å². The van der Waals surface area contributed by atoms with Gasteiger partial charge in [-0.05, 0) is 0 Å². The molecule has 1 aliphatic heterocycles. The summed E-state index contributed by atoms with van der Waals surface area (Å²) in [5.41, 5.74) is 23.2. The van der Waals surface area contributed by atoms with Crippen molar-refractivity contribution in [2.75, 3.05) is 0 Å². The van der Waals surface area contributed by atoms with Crippen LogP contribution in [0.5, 0.6) is 0 Å². The molecule has 0 saturated heterocycles. The summed E-state index contributed by atoms with van der Waals surface area (Å²) in [6.45, 7) is 18.7. The van der Waals surface area contributed by atoms with Gasteiger partial charge in [0.15, 0.2) is 0 Å². The van der Waals surface area contributed by atoms with Crippen molar-refractivity contribution in [3.05, 3.63) is 232 Å². The van der Waals surface area contributed by atoms with Crippen LogP contribution in [0.15, 0.2) is 176 Å². The van der Waals surface area contributed by atoms with Gasteiger partial charge in [0, 0.05) is 0 Å².